The van der Waals surface area contributed by atoms with Crippen LogP contribution in [0.4, 0.5) is 0 Å². The number of carbonyl (C=O) groups is 2. The zero-order chi connectivity index (χ0) is 11.6. The van der Waals surface area contributed by atoms with E-state index >= 15 is 0 Å². The Morgan fingerprint density at radius 3 is 2.47 bits per heavy atom. The van der Waals surface area contributed by atoms with Gasteiger partial charge >= 0.3 is 0 Å². The summed E-state index contributed by atoms with van der Waals surface area (Å²) in [5, 5.41) is 0. The van der Waals surface area contributed by atoms with E-state index in [4.69, 9.17) is 0 Å². The van der Waals surface area contributed by atoms with Crippen molar-refractivity contribution in [2.24, 2.45) is 5.41 Å². The Labute approximate surface area is 91.1 Å². The van der Waals surface area contributed by atoms with Gasteiger partial charge in [0.05, 0.1) is 0 Å². The summed E-state index contributed by atoms with van der Waals surface area (Å²) in [6, 6.07) is 0. The predicted octanol–water partition coefficient (Wildman–Crippen LogP) is 2.84. The van der Waals surface area contributed by atoms with Crippen molar-refractivity contribution in [2.45, 2.75) is 40.5 Å². The lowest BCUT2D eigenvalue weighted by Crippen LogP contribution is -2.29. The zero-order valence-corrected chi connectivity index (χ0v) is 9.89. The Kier molecular flexibility index (Phi) is 3.28. The molecule has 0 saturated heterocycles. The van der Waals surface area contributed by atoms with Crippen LogP contribution in [0.15, 0.2) is 23.3 Å². The molecule has 0 aromatic heterocycles. The Morgan fingerprint density at radius 2 is 2.00 bits per heavy atom. The molecule has 0 bridgehead atoms. The lowest BCUT2D eigenvalue weighted by atomic mass is 9.70. The van der Waals surface area contributed by atoms with Crippen LogP contribution in [-0.2, 0) is 9.59 Å². The maximum Gasteiger partial charge on any atom is 0.181 e. The molecule has 0 amide bonds. The molecule has 82 valence electrons. The van der Waals surface area contributed by atoms with Gasteiger partial charge in [-0.2, -0.15) is 0 Å². The molecule has 0 radical (unpaired) electrons. The van der Waals surface area contributed by atoms with Gasteiger partial charge in [-0.3, -0.25) is 9.59 Å². The molecule has 0 aliphatic heterocycles. The first-order valence-electron chi connectivity index (χ1n) is 5.27. The van der Waals surface area contributed by atoms with Crippen LogP contribution in [0, 0.1) is 5.41 Å². The predicted molar refractivity (Wildman–Crippen MR) is 60.5 cm³/mol. The van der Waals surface area contributed by atoms with Crippen molar-refractivity contribution in [1.82, 2.24) is 0 Å². The quantitative estimate of drug-likeness (QED) is 0.651. The van der Waals surface area contributed by atoms with Gasteiger partial charge in [0.15, 0.2) is 5.78 Å². The van der Waals surface area contributed by atoms with Crippen molar-refractivity contribution in [3.63, 3.8) is 0 Å². The summed E-state index contributed by atoms with van der Waals surface area (Å²) < 4.78 is 0. The van der Waals surface area contributed by atoms with Gasteiger partial charge in [0.1, 0.15) is 5.78 Å². The van der Waals surface area contributed by atoms with Crippen LogP contribution < -0.4 is 0 Å². The molecule has 0 heterocycles. The number of ketones is 2. The van der Waals surface area contributed by atoms with Gasteiger partial charge in [-0.1, -0.05) is 25.5 Å². The molecule has 2 heteroatoms. The van der Waals surface area contributed by atoms with Crippen LogP contribution in [0.3, 0.4) is 0 Å². The van der Waals surface area contributed by atoms with Crippen LogP contribution in [-0.4, -0.2) is 11.6 Å². The standard InChI is InChI=1S/C13H18O2/c1-5-6-11(15)12-9(2)7-10(14)8-13(12,3)4/h5-6H,7-8H2,1-4H3. The first-order chi connectivity index (χ1) is 6.88. The molecular formula is C13H18O2. The number of Topliss-reactive ketones (excluding diaryl/α,β-unsaturated/α-hetero) is 1. The Hall–Kier alpha value is -1.18. The molecule has 0 spiro atoms. The normalized spacial score (nSPS) is 21.2. The highest BCUT2D eigenvalue weighted by molar-refractivity contribution is 6.07. The summed E-state index contributed by atoms with van der Waals surface area (Å²) in [4.78, 5) is 23.3. The molecule has 0 unspecified atom stereocenters. The van der Waals surface area contributed by atoms with E-state index in [1.807, 2.05) is 27.7 Å². The summed E-state index contributed by atoms with van der Waals surface area (Å²) >= 11 is 0. The third-order valence-electron chi connectivity index (χ3n) is 2.77. The molecule has 2 nitrogen and oxygen atoms in total. The maximum absolute atomic E-state index is 11.9. The molecule has 0 atom stereocenters. The maximum atomic E-state index is 11.9. The second-order valence-corrected chi connectivity index (χ2v) is 4.80. The third-order valence-corrected chi connectivity index (χ3v) is 2.77. The smallest absolute Gasteiger partial charge is 0.181 e. The molecule has 0 aromatic rings. The van der Waals surface area contributed by atoms with Crippen molar-refractivity contribution < 1.29 is 9.59 Å². The number of rotatable bonds is 2. The van der Waals surface area contributed by atoms with Crippen molar-refractivity contribution >= 4 is 11.6 Å². The van der Waals surface area contributed by atoms with E-state index < -0.39 is 0 Å². The summed E-state index contributed by atoms with van der Waals surface area (Å²) in [5.74, 6) is 0.280. The summed E-state index contributed by atoms with van der Waals surface area (Å²) in [6.07, 6.45) is 4.23. The van der Waals surface area contributed by atoms with Gasteiger partial charge in [-0.15, -0.1) is 0 Å². The van der Waals surface area contributed by atoms with Crippen LogP contribution in [0.5, 0.6) is 0 Å². The van der Waals surface area contributed by atoms with E-state index in [1.165, 1.54) is 0 Å². The first kappa shape index (κ1) is 11.9. The summed E-state index contributed by atoms with van der Waals surface area (Å²) in [5.41, 5.74) is 1.44. The van der Waals surface area contributed by atoms with E-state index in [1.54, 1.807) is 12.2 Å². The Balaban J connectivity index is 3.17. The van der Waals surface area contributed by atoms with E-state index in [-0.39, 0.29) is 17.0 Å². The minimum Gasteiger partial charge on any atom is -0.299 e. The molecule has 0 saturated carbocycles. The highest BCUT2D eigenvalue weighted by Crippen LogP contribution is 2.39. The van der Waals surface area contributed by atoms with Crippen LogP contribution in [0.1, 0.15) is 40.5 Å². The summed E-state index contributed by atoms with van der Waals surface area (Å²) in [7, 11) is 0. The van der Waals surface area contributed by atoms with E-state index in [0.717, 1.165) is 11.1 Å². The topological polar surface area (TPSA) is 34.1 Å². The first-order valence-corrected chi connectivity index (χ1v) is 5.27. The highest BCUT2D eigenvalue weighted by Gasteiger charge is 2.35. The van der Waals surface area contributed by atoms with Gasteiger partial charge in [0.25, 0.3) is 0 Å². The average molecular weight is 206 g/mol. The fraction of sp³-hybridized carbons (Fsp3) is 0.538. The number of carbonyl (C=O) groups excluding carboxylic acids is 2. The largest absolute Gasteiger partial charge is 0.299 e. The van der Waals surface area contributed by atoms with Gasteiger partial charge in [-0.05, 0) is 19.9 Å². The lowest BCUT2D eigenvalue weighted by molar-refractivity contribution is -0.121. The second kappa shape index (κ2) is 4.13. The fourth-order valence-electron chi connectivity index (χ4n) is 2.38. The van der Waals surface area contributed by atoms with Crippen LogP contribution >= 0.6 is 0 Å². The lowest BCUT2D eigenvalue weighted by Gasteiger charge is -2.32. The van der Waals surface area contributed by atoms with E-state index in [2.05, 4.69) is 0 Å². The summed E-state index contributed by atoms with van der Waals surface area (Å²) in [6.45, 7) is 7.64. The highest BCUT2D eigenvalue weighted by atomic mass is 16.1. The van der Waals surface area contributed by atoms with Crippen molar-refractivity contribution in [1.29, 1.82) is 0 Å². The Morgan fingerprint density at radius 1 is 1.40 bits per heavy atom. The molecule has 1 rings (SSSR count). The van der Waals surface area contributed by atoms with Crippen molar-refractivity contribution in [3.8, 4) is 0 Å². The number of allylic oxidation sites excluding steroid dienone is 4. The van der Waals surface area contributed by atoms with Crippen LogP contribution in [0.25, 0.3) is 0 Å². The molecule has 1 aliphatic carbocycles. The molecule has 0 fully saturated rings. The molecule has 15 heavy (non-hydrogen) atoms. The van der Waals surface area contributed by atoms with Gasteiger partial charge in [0.2, 0.25) is 0 Å². The van der Waals surface area contributed by atoms with Gasteiger partial charge < -0.3 is 0 Å². The van der Waals surface area contributed by atoms with Gasteiger partial charge in [0, 0.05) is 23.8 Å². The minimum absolute atomic E-state index is 0.0486. The van der Waals surface area contributed by atoms with Crippen molar-refractivity contribution in [2.75, 3.05) is 0 Å². The minimum atomic E-state index is -0.310. The molecule has 0 aromatic carbocycles. The van der Waals surface area contributed by atoms with E-state index in [9.17, 15) is 9.59 Å². The molecule has 0 N–H and O–H groups in total. The van der Waals surface area contributed by atoms with E-state index in [0.29, 0.717) is 12.8 Å². The SMILES string of the molecule is CC=CC(=O)C1=C(C)CC(=O)CC1(C)C. The second-order valence-electron chi connectivity index (χ2n) is 4.80. The Bertz CT molecular complexity index is 357. The molecule has 1 aliphatic rings. The van der Waals surface area contributed by atoms with Crippen LogP contribution in [0.2, 0.25) is 0 Å². The zero-order valence-electron chi connectivity index (χ0n) is 9.89. The molecular weight excluding hydrogens is 188 g/mol. The average Bonchev–Trinajstić information content (AvgIpc) is 1.99. The van der Waals surface area contributed by atoms with Crippen molar-refractivity contribution in [3.05, 3.63) is 23.3 Å². The number of hydrogen-bond donors (Lipinski definition) is 0. The number of hydrogen-bond acceptors (Lipinski definition) is 2. The fourth-order valence-corrected chi connectivity index (χ4v) is 2.38. The third kappa shape index (κ3) is 2.44. The monoisotopic (exact) mass is 206 g/mol. The van der Waals surface area contributed by atoms with Gasteiger partial charge in [-0.25, -0.2) is 0 Å².